The van der Waals surface area contributed by atoms with Gasteiger partial charge in [-0.25, -0.2) is 8.78 Å². The van der Waals surface area contributed by atoms with Crippen molar-refractivity contribution in [2.45, 2.75) is 32.7 Å². The number of ether oxygens (including phenoxy) is 1. The Morgan fingerprint density at radius 3 is 2.50 bits per heavy atom. The van der Waals surface area contributed by atoms with Crippen molar-refractivity contribution in [3.63, 3.8) is 0 Å². The first-order valence-corrected chi connectivity index (χ1v) is 5.41. The van der Waals surface area contributed by atoms with E-state index in [0.717, 1.165) is 18.6 Å². The van der Waals surface area contributed by atoms with Gasteiger partial charge in [-0.2, -0.15) is 0 Å². The van der Waals surface area contributed by atoms with Crippen LogP contribution in [0.25, 0.3) is 0 Å². The molecule has 0 aromatic heterocycles. The number of hydrogen-bond donors (Lipinski definition) is 1. The van der Waals surface area contributed by atoms with Gasteiger partial charge in [0.15, 0.2) is 11.6 Å². The molecule has 2 nitrogen and oxygen atoms in total. The van der Waals surface area contributed by atoms with Crippen LogP contribution in [0.3, 0.4) is 0 Å². The number of nitrogens with two attached hydrogens (primary N) is 1. The normalized spacial score (nSPS) is 12.6. The van der Waals surface area contributed by atoms with Gasteiger partial charge in [-0.1, -0.05) is 6.92 Å². The largest absolute Gasteiger partial charge is 0.493 e. The highest BCUT2D eigenvalue weighted by molar-refractivity contribution is 5.35. The molecule has 1 rings (SSSR count). The molecule has 90 valence electrons. The van der Waals surface area contributed by atoms with Gasteiger partial charge in [0.25, 0.3) is 0 Å². The third-order valence-electron chi connectivity index (χ3n) is 2.11. The van der Waals surface area contributed by atoms with Crippen molar-refractivity contribution in [1.29, 1.82) is 0 Å². The summed E-state index contributed by atoms with van der Waals surface area (Å²) in [4.78, 5) is 0. The molecule has 1 aromatic carbocycles. The fourth-order valence-electron chi connectivity index (χ4n) is 1.42. The third kappa shape index (κ3) is 3.45. The summed E-state index contributed by atoms with van der Waals surface area (Å²) in [6.07, 6.45) is 1.28. The Bertz CT molecular complexity index is 353. The molecule has 1 unspecified atom stereocenters. The summed E-state index contributed by atoms with van der Waals surface area (Å²) in [7, 11) is 0. The first-order valence-electron chi connectivity index (χ1n) is 5.41. The number of hydrogen-bond acceptors (Lipinski definition) is 2. The van der Waals surface area contributed by atoms with Crippen LogP contribution in [0.15, 0.2) is 12.1 Å². The summed E-state index contributed by atoms with van der Waals surface area (Å²) in [6, 6.07) is 2.13. The second-order valence-electron chi connectivity index (χ2n) is 3.90. The SMILES string of the molecule is CCCOc1cc(F)c(F)cc1CC(C)N. The van der Waals surface area contributed by atoms with Gasteiger partial charge >= 0.3 is 0 Å². The molecule has 0 amide bonds. The van der Waals surface area contributed by atoms with Crippen LogP contribution in [0.5, 0.6) is 5.75 Å². The van der Waals surface area contributed by atoms with E-state index in [1.807, 2.05) is 13.8 Å². The second kappa shape index (κ2) is 5.80. The van der Waals surface area contributed by atoms with E-state index in [-0.39, 0.29) is 6.04 Å². The molecule has 1 aromatic rings. The van der Waals surface area contributed by atoms with Crippen molar-refractivity contribution in [3.05, 3.63) is 29.3 Å². The second-order valence-corrected chi connectivity index (χ2v) is 3.90. The molecule has 0 bridgehead atoms. The van der Waals surface area contributed by atoms with Gasteiger partial charge < -0.3 is 10.5 Å². The molecule has 0 saturated heterocycles. The Morgan fingerprint density at radius 1 is 1.31 bits per heavy atom. The van der Waals surface area contributed by atoms with E-state index >= 15 is 0 Å². The minimum absolute atomic E-state index is 0.117. The van der Waals surface area contributed by atoms with Crippen molar-refractivity contribution < 1.29 is 13.5 Å². The molecule has 0 aliphatic heterocycles. The zero-order valence-electron chi connectivity index (χ0n) is 9.59. The van der Waals surface area contributed by atoms with Crippen LogP contribution in [0.4, 0.5) is 8.78 Å². The topological polar surface area (TPSA) is 35.2 Å². The maximum Gasteiger partial charge on any atom is 0.162 e. The predicted octanol–water partition coefficient (Wildman–Crippen LogP) is 2.64. The van der Waals surface area contributed by atoms with Crippen molar-refractivity contribution >= 4 is 0 Å². The van der Waals surface area contributed by atoms with Crippen LogP contribution in [0, 0.1) is 11.6 Å². The lowest BCUT2D eigenvalue weighted by Crippen LogP contribution is -2.18. The van der Waals surface area contributed by atoms with E-state index in [4.69, 9.17) is 10.5 Å². The number of benzene rings is 1. The predicted molar refractivity (Wildman–Crippen MR) is 59.5 cm³/mol. The van der Waals surface area contributed by atoms with Crippen LogP contribution in [-0.4, -0.2) is 12.6 Å². The lowest BCUT2D eigenvalue weighted by molar-refractivity contribution is 0.310. The molecule has 2 N–H and O–H groups in total. The first-order chi connectivity index (χ1) is 7.54. The van der Waals surface area contributed by atoms with Gasteiger partial charge in [0, 0.05) is 12.1 Å². The molecule has 16 heavy (non-hydrogen) atoms. The fourth-order valence-corrected chi connectivity index (χ4v) is 1.42. The van der Waals surface area contributed by atoms with Crippen molar-refractivity contribution in [2.75, 3.05) is 6.61 Å². The molecule has 0 spiro atoms. The van der Waals surface area contributed by atoms with Crippen molar-refractivity contribution in [1.82, 2.24) is 0 Å². The molecule has 0 heterocycles. The standard InChI is InChI=1S/C12H17F2NO/c1-3-4-16-12-7-11(14)10(13)6-9(12)5-8(2)15/h6-8H,3-5,15H2,1-2H3. The summed E-state index contributed by atoms with van der Waals surface area (Å²) >= 11 is 0. The molecular formula is C12H17F2NO. The van der Waals surface area contributed by atoms with Crippen LogP contribution in [0.1, 0.15) is 25.8 Å². The molecule has 0 aliphatic rings. The summed E-state index contributed by atoms with van der Waals surface area (Å²) in [5.74, 6) is -1.36. The van der Waals surface area contributed by atoms with Crippen LogP contribution < -0.4 is 10.5 Å². The van der Waals surface area contributed by atoms with Gasteiger partial charge in [-0.05, 0) is 31.4 Å². The third-order valence-corrected chi connectivity index (χ3v) is 2.11. The maximum atomic E-state index is 13.1. The van der Waals surface area contributed by atoms with Crippen molar-refractivity contribution in [3.8, 4) is 5.75 Å². The Hall–Kier alpha value is -1.16. The number of rotatable bonds is 5. The monoisotopic (exact) mass is 229 g/mol. The summed E-state index contributed by atoms with van der Waals surface area (Å²) in [5, 5.41) is 0. The van der Waals surface area contributed by atoms with Gasteiger partial charge in [-0.15, -0.1) is 0 Å². The highest BCUT2D eigenvalue weighted by Gasteiger charge is 2.12. The minimum Gasteiger partial charge on any atom is -0.493 e. The van der Waals surface area contributed by atoms with Crippen molar-refractivity contribution in [2.24, 2.45) is 5.73 Å². The van der Waals surface area contributed by atoms with Gasteiger partial charge in [0.2, 0.25) is 0 Å². The molecule has 0 saturated carbocycles. The van der Waals surface area contributed by atoms with E-state index in [2.05, 4.69) is 0 Å². The Balaban J connectivity index is 2.96. The highest BCUT2D eigenvalue weighted by Crippen LogP contribution is 2.23. The zero-order chi connectivity index (χ0) is 12.1. The smallest absolute Gasteiger partial charge is 0.162 e. The van der Waals surface area contributed by atoms with Gasteiger partial charge in [-0.3, -0.25) is 0 Å². The Kier molecular flexibility index (Phi) is 4.68. The number of halogens is 2. The van der Waals surface area contributed by atoms with Crippen LogP contribution in [-0.2, 0) is 6.42 Å². The van der Waals surface area contributed by atoms with E-state index in [9.17, 15) is 8.78 Å². The summed E-state index contributed by atoms with van der Waals surface area (Å²) < 4.78 is 31.5. The molecule has 0 aliphatic carbocycles. The van der Waals surface area contributed by atoms with E-state index < -0.39 is 11.6 Å². The van der Waals surface area contributed by atoms with E-state index in [0.29, 0.717) is 24.3 Å². The summed E-state index contributed by atoms with van der Waals surface area (Å²) in [5.41, 5.74) is 6.25. The van der Waals surface area contributed by atoms with E-state index in [1.165, 1.54) is 0 Å². The molecule has 0 radical (unpaired) electrons. The maximum absolute atomic E-state index is 13.1. The molecule has 4 heteroatoms. The van der Waals surface area contributed by atoms with E-state index in [1.54, 1.807) is 0 Å². The van der Waals surface area contributed by atoms with Crippen LogP contribution >= 0.6 is 0 Å². The quantitative estimate of drug-likeness (QED) is 0.842. The Morgan fingerprint density at radius 2 is 1.94 bits per heavy atom. The highest BCUT2D eigenvalue weighted by atomic mass is 19.2. The average molecular weight is 229 g/mol. The molecule has 0 fully saturated rings. The molecular weight excluding hydrogens is 212 g/mol. The first kappa shape index (κ1) is 12.9. The van der Waals surface area contributed by atoms with Crippen LogP contribution in [0.2, 0.25) is 0 Å². The zero-order valence-corrected chi connectivity index (χ0v) is 9.59. The lowest BCUT2D eigenvalue weighted by Gasteiger charge is -2.13. The average Bonchev–Trinajstić information content (AvgIpc) is 2.20. The lowest BCUT2D eigenvalue weighted by atomic mass is 10.1. The Labute approximate surface area is 94.4 Å². The fraction of sp³-hybridized carbons (Fsp3) is 0.500. The molecule has 1 atom stereocenters. The van der Waals surface area contributed by atoms with Gasteiger partial charge in [0.05, 0.1) is 6.61 Å². The minimum atomic E-state index is -0.889. The van der Waals surface area contributed by atoms with Gasteiger partial charge in [0.1, 0.15) is 5.75 Å². The summed E-state index contributed by atoms with van der Waals surface area (Å²) in [6.45, 7) is 4.24.